The molecule has 1 heterocycles. The predicted octanol–water partition coefficient (Wildman–Crippen LogP) is 4.60. The van der Waals surface area contributed by atoms with Crippen LogP contribution in [-0.4, -0.2) is 16.0 Å². The highest BCUT2D eigenvalue weighted by Crippen LogP contribution is 2.28. The van der Waals surface area contributed by atoms with E-state index in [1.165, 1.54) is 6.07 Å². The van der Waals surface area contributed by atoms with Crippen LogP contribution in [0, 0.1) is 6.92 Å². The molecule has 0 saturated carbocycles. The van der Waals surface area contributed by atoms with Gasteiger partial charge in [-0.25, -0.2) is 0 Å². The highest BCUT2D eigenvalue weighted by molar-refractivity contribution is 6.42. The molecule has 0 radical (unpaired) electrons. The van der Waals surface area contributed by atoms with Crippen molar-refractivity contribution in [1.29, 1.82) is 0 Å². The monoisotopic (exact) mass is 347 g/mol. The van der Waals surface area contributed by atoms with Gasteiger partial charge in [-0.3, -0.25) is 4.79 Å². The molecule has 116 valence electrons. The first-order chi connectivity index (χ1) is 11.0. The van der Waals surface area contributed by atoms with Gasteiger partial charge in [0, 0.05) is 5.56 Å². The molecule has 7 heteroatoms. The van der Waals surface area contributed by atoms with E-state index in [1.807, 2.05) is 6.07 Å². The molecule has 0 unspecified atom stereocenters. The zero-order valence-corrected chi connectivity index (χ0v) is 13.5. The Balaban J connectivity index is 1.91. The van der Waals surface area contributed by atoms with Gasteiger partial charge in [-0.15, -0.1) is 0 Å². The Kier molecular flexibility index (Phi) is 4.32. The van der Waals surface area contributed by atoms with Crippen LogP contribution in [0.15, 0.2) is 47.0 Å². The van der Waals surface area contributed by atoms with E-state index in [-0.39, 0.29) is 5.91 Å². The largest absolute Gasteiger partial charge is 0.334 e. The summed E-state index contributed by atoms with van der Waals surface area (Å²) in [6.07, 6.45) is 0. The number of para-hydroxylation sites is 1. The number of carbonyl (C=O) groups excluding carboxylic acids is 1. The van der Waals surface area contributed by atoms with Crippen LogP contribution in [-0.2, 0) is 0 Å². The lowest BCUT2D eigenvalue weighted by Crippen LogP contribution is -2.12. The molecular formula is C16H11Cl2N3O2. The summed E-state index contributed by atoms with van der Waals surface area (Å²) in [5.41, 5.74) is 1.60. The number of benzene rings is 2. The first-order valence-corrected chi connectivity index (χ1v) is 7.46. The minimum Gasteiger partial charge on any atom is -0.334 e. The summed E-state index contributed by atoms with van der Waals surface area (Å²) in [6, 6.07) is 11.9. The number of rotatable bonds is 3. The van der Waals surface area contributed by atoms with Crippen molar-refractivity contribution >= 4 is 34.8 Å². The molecule has 0 spiro atoms. The van der Waals surface area contributed by atoms with E-state index < -0.39 is 0 Å². The maximum absolute atomic E-state index is 12.4. The molecule has 0 fully saturated rings. The SMILES string of the molecule is Cc1noc(-c2ccccc2NC(=O)c2ccc(Cl)c(Cl)c2)n1. The van der Waals surface area contributed by atoms with Gasteiger partial charge in [0.1, 0.15) is 0 Å². The molecule has 0 saturated heterocycles. The number of hydrogen-bond acceptors (Lipinski definition) is 4. The van der Waals surface area contributed by atoms with Crippen LogP contribution in [0.25, 0.3) is 11.5 Å². The molecule has 5 nitrogen and oxygen atoms in total. The molecule has 3 rings (SSSR count). The summed E-state index contributed by atoms with van der Waals surface area (Å²) in [7, 11) is 0. The van der Waals surface area contributed by atoms with E-state index in [4.69, 9.17) is 27.7 Å². The fraction of sp³-hybridized carbons (Fsp3) is 0.0625. The molecule has 0 aliphatic heterocycles. The van der Waals surface area contributed by atoms with E-state index in [0.717, 1.165) is 0 Å². The molecule has 2 aromatic carbocycles. The third kappa shape index (κ3) is 3.36. The number of aryl methyl sites for hydroxylation is 1. The van der Waals surface area contributed by atoms with Crippen LogP contribution in [0.3, 0.4) is 0 Å². The number of hydrogen-bond donors (Lipinski definition) is 1. The first-order valence-electron chi connectivity index (χ1n) is 6.70. The summed E-state index contributed by atoms with van der Waals surface area (Å²) in [5.74, 6) is 0.547. The number of nitrogens with zero attached hydrogens (tertiary/aromatic N) is 2. The second-order valence-corrected chi connectivity index (χ2v) is 5.59. The van der Waals surface area contributed by atoms with Gasteiger partial charge in [0.25, 0.3) is 11.8 Å². The Labute approximate surface area is 142 Å². The number of anilines is 1. The standard InChI is InChI=1S/C16H11Cl2N3O2/c1-9-19-16(23-21-9)11-4-2-3-5-14(11)20-15(22)10-6-7-12(17)13(18)8-10/h2-8H,1H3,(H,20,22). The third-order valence-corrected chi connectivity index (χ3v) is 3.85. The van der Waals surface area contributed by atoms with Crippen LogP contribution in [0.4, 0.5) is 5.69 Å². The van der Waals surface area contributed by atoms with E-state index >= 15 is 0 Å². The van der Waals surface area contributed by atoms with Crippen LogP contribution in [0.1, 0.15) is 16.2 Å². The summed E-state index contributed by atoms with van der Waals surface area (Å²) in [6.45, 7) is 1.73. The fourth-order valence-corrected chi connectivity index (χ4v) is 2.32. The normalized spacial score (nSPS) is 10.6. The second-order valence-electron chi connectivity index (χ2n) is 4.78. The molecule has 1 aromatic heterocycles. The lowest BCUT2D eigenvalue weighted by Gasteiger charge is -2.09. The van der Waals surface area contributed by atoms with Crippen molar-refractivity contribution in [2.24, 2.45) is 0 Å². The third-order valence-electron chi connectivity index (χ3n) is 3.12. The molecule has 0 aliphatic rings. The number of aromatic nitrogens is 2. The van der Waals surface area contributed by atoms with Crippen molar-refractivity contribution in [2.75, 3.05) is 5.32 Å². The van der Waals surface area contributed by atoms with Gasteiger partial charge < -0.3 is 9.84 Å². The van der Waals surface area contributed by atoms with E-state index in [2.05, 4.69) is 15.5 Å². The number of carbonyl (C=O) groups is 1. The molecule has 3 aromatic rings. The Morgan fingerprint density at radius 3 is 2.61 bits per heavy atom. The molecule has 0 aliphatic carbocycles. The quantitative estimate of drug-likeness (QED) is 0.751. The predicted molar refractivity (Wildman–Crippen MR) is 88.9 cm³/mol. The summed E-state index contributed by atoms with van der Waals surface area (Å²) in [5, 5.41) is 7.29. The molecule has 0 atom stereocenters. The Hall–Kier alpha value is -2.37. The van der Waals surface area contributed by atoms with Gasteiger partial charge in [-0.05, 0) is 37.3 Å². The Bertz CT molecular complexity index is 877. The smallest absolute Gasteiger partial charge is 0.260 e. The number of halogens is 2. The molecule has 23 heavy (non-hydrogen) atoms. The van der Waals surface area contributed by atoms with Crippen LogP contribution in [0.2, 0.25) is 10.0 Å². The van der Waals surface area contributed by atoms with Crippen molar-refractivity contribution in [1.82, 2.24) is 10.1 Å². The molecule has 1 N–H and O–H groups in total. The van der Waals surface area contributed by atoms with Gasteiger partial charge in [0.2, 0.25) is 0 Å². The average molecular weight is 348 g/mol. The Morgan fingerprint density at radius 2 is 1.91 bits per heavy atom. The maximum atomic E-state index is 12.4. The first kappa shape index (κ1) is 15.5. The highest BCUT2D eigenvalue weighted by atomic mass is 35.5. The van der Waals surface area contributed by atoms with Gasteiger partial charge in [0.05, 0.1) is 21.3 Å². The van der Waals surface area contributed by atoms with Gasteiger partial charge in [-0.2, -0.15) is 4.98 Å². The topological polar surface area (TPSA) is 68.0 Å². The molecule has 0 bridgehead atoms. The lowest BCUT2D eigenvalue weighted by molar-refractivity contribution is 0.102. The Morgan fingerprint density at radius 1 is 1.13 bits per heavy atom. The maximum Gasteiger partial charge on any atom is 0.260 e. The summed E-state index contributed by atoms with van der Waals surface area (Å²) < 4.78 is 5.16. The van der Waals surface area contributed by atoms with Crippen molar-refractivity contribution < 1.29 is 9.32 Å². The minimum absolute atomic E-state index is 0.313. The average Bonchev–Trinajstić information content (AvgIpc) is 2.97. The van der Waals surface area contributed by atoms with Crippen molar-refractivity contribution in [3.05, 3.63) is 63.9 Å². The number of amides is 1. The lowest BCUT2D eigenvalue weighted by atomic mass is 10.1. The minimum atomic E-state index is -0.313. The van der Waals surface area contributed by atoms with Crippen LogP contribution >= 0.6 is 23.2 Å². The van der Waals surface area contributed by atoms with E-state index in [9.17, 15) is 4.79 Å². The summed E-state index contributed by atoms with van der Waals surface area (Å²) in [4.78, 5) is 16.6. The fourth-order valence-electron chi connectivity index (χ4n) is 2.02. The highest BCUT2D eigenvalue weighted by Gasteiger charge is 2.14. The summed E-state index contributed by atoms with van der Waals surface area (Å²) >= 11 is 11.8. The van der Waals surface area contributed by atoms with Crippen LogP contribution in [0.5, 0.6) is 0 Å². The van der Waals surface area contributed by atoms with Gasteiger partial charge >= 0.3 is 0 Å². The molecular weight excluding hydrogens is 337 g/mol. The van der Waals surface area contributed by atoms with E-state index in [0.29, 0.717) is 38.6 Å². The zero-order chi connectivity index (χ0) is 16.4. The van der Waals surface area contributed by atoms with E-state index in [1.54, 1.807) is 37.3 Å². The number of nitrogens with one attached hydrogen (secondary N) is 1. The van der Waals surface area contributed by atoms with Gasteiger partial charge in [0.15, 0.2) is 5.82 Å². The van der Waals surface area contributed by atoms with Crippen LogP contribution < -0.4 is 5.32 Å². The zero-order valence-electron chi connectivity index (χ0n) is 12.0. The second kappa shape index (κ2) is 6.40. The van der Waals surface area contributed by atoms with Crippen molar-refractivity contribution in [3.8, 4) is 11.5 Å². The molecule has 1 amide bonds. The van der Waals surface area contributed by atoms with Crippen molar-refractivity contribution in [3.63, 3.8) is 0 Å². The van der Waals surface area contributed by atoms with Gasteiger partial charge in [-0.1, -0.05) is 40.5 Å². The van der Waals surface area contributed by atoms with Crippen molar-refractivity contribution in [2.45, 2.75) is 6.92 Å².